The minimum Gasteiger partial charge on any atom is -0.491 e. The third-order valence-electron chi connectivity index (χ3n) is 4.83. The lowest BCUT2D eigenvalue weighted by Crippen LogP contribution is -2.24. The van der Waals surface area contributed by atoms with Crippen molar-refractivity contribution in [2.45, 2.75) is 32.5 Å². The topological polar surface area (TPSA) is 103 Å². The Hall–Kier alpha value is -1.79. The van der Waals surface area contributed by atoms with Crippen LogP contribution in [-0.4, -0.2) is 98.1 Å². The van der Waals surface area contributed by atoms with Crippen LogP contribution < -0.4 is 10.1 Å². The molecule has 1 aliphatic rings. The van der Waals surface area contributed by atoms with Crippen LogP contribution in [-0.2, 0) is 38.0 Å². The van der Waals surface area contributed by atoms with Gasteiger partial charge in [0.25, 0.3) is 0 Å². The summed E-state index contributed by atoms with van der Waals surface area (Å²) in [5.74, 6) is 0.623. The van der Waals surface area contributed by atoms with Gasteiger partial charge in [0.1, 0.15) is 12.4 Å². The minimum absolute atomic E-state index is 0.0644. The molecule has 0 radical (unpaired) electrons. The molecule has 0 bridgehead atoms. The van der Waals surface area contributed by atoms with E-state index in [4.69, 9.17) is 37.9 Å². The van der Waals surface area contributed by atoms with Crippen LogP contribution in [0.4, 0.5) is 5.69 Å². The lowest BCUT2D eigenvalue weighted by molar-refractivity contribution is -0.169. The molecule has 1 N–H and O–H groups in total. The summed E-state index contributed by atoms with van der Waals surface area (Å²) in [7, 11) is 0. The number of ether oxygens (including phenoxy) is 8. The molecule has 1 heterocycles. The summed E-state index contributed by atoms with van der Waals surface area (Å²) in [6.45, 7) is 8.38. The third kappa shape index (κ3) is 16.5. The summed E-state index contributed by atoms with van der Waals surface area (Å²) in [4.78, 5) is 11.0. The van der Waals surface area contributed by atoms with E-state index in [0.717, 1.165) is 30.9 Å². The van der Waals surface area contributed by atoms with Gasteiger partial charge in [-0.2, -0.15) is 0 Å². The van der Waals surface area contributed by atoms with Crippen LogP contribution in [0.1, 0.15) is 26.2 Å². The molecule has 1 saturated heterocycles. The van der Waals surface area contributed by atoms with E-state index >= 15 is 0 Å². The maximum absolute atomic E-state index is 11.0. The van der Waals surface area contributed by atoms with Crippen molar-refractivity contribution in [3.8, 4) is 5.75 Å². The van der Waals surface area contributed by atoms with E-state index in [9.17, 15) is 4.79 Å². The van der Waals surface area contributed by atoms with Crippen LogP contribution >= 0.6 is 0 Å². The van der Waals surface area contributed by atoms with Crippen molar-refractivity contribution in [1.29, 1.82) is 0 Å². The lowest BCUT2D eigenvalue weighted by Gasteiger charge is -2.22. The van der Waals surface area contributed by atoms with E-state index in [1.54, 1.807) is 24.3 Å². The Morgan fingerprint density at radius 3 is 1.77 bits per heavy atom. The fraction of sp³-hybridized carbons (Fsp3) is 0.720. The minimum atomic E-state index is -0.102. The van der Waals surface area contributed by atoms with Gasteiger partial charge < -0.3 is 43.2 Å². The average Bonchev–Trinajstić information content (AvgIpc) is 2.86. The first-order chi connectivity index (χ1) is 17.2. The van der Waals surface area contributed by atoms with Crippen molar-refractivity contribution in [2.24, 2.45) is 0 Å². The van der Waals surface area contributed by atoms with E-state index < -0.39 is 0 Å². The summed E-state index contributed by atoms with van der Waals surface area (Å²) in [6.07, 6.45) is 3.19. The zero-order valence-corrected chi connectivity index (χ0v) is 20.9. The van der Waals surface area contributed by atoms with Crippen molar-refractivity contribution in [2.75, 3.05) is 91.2 Å². The van der Waals surface area contributed by atoms with Gasteiger partial charge in [0, 0.05) is 19.2 Å². The highest BCUT2D eigenvalue weighted by Crippen LogP contribution is 2.15. The monoisotopic (exact) mass is 499 g/mol. The Bertz CT molecular complexity index is 638. The number of benzene rings is 1. The number of nitrogens with one attached hydrogen (secondary N) is 1. The number of rotatable bonds is 21. The summed E-state index contributed by atoms with van der Waals surface area (Å²) in [5.41, 5.74) is 0.738. The van der Waals surface area contributed by atoms with E-state index in [2.05, 4.69) is 5.32 Å². The van der Waals surface area contributed by atoms with Gasteiger partial charge in [0.15, 0.2) is 6.29 Å². The molecule has 1 unspecified atom stereocenters. The normalized spacial score (nSPS) is 15.7. The zero-order valence-electron chi connectivity index (χ0n) is 20.9. The molecular formula is C25H41NO9. The first-order valence-electron chi connectivity index (χ1n) is 12.4. The van der Waals surface area contributed by atoms with Crippen LogP contribution in [0.25, 0.3) is 0 Å². The van der Waals surface area contributed by atoms with Gasteiger partial charge in [-0.15, -0.1) is 0 Å². The van der Waals surface area contributed by atoms with Crippen LogP contribution in [0.5, 0.6) is 5.75 Å². The molecule has 1 atom stereocenters. The highest BCUT2D eigenvalue weighted by atomic mass is 16.7. The quantitative estimate of drug-likeness (QED) is 0.256. The molecule has 10 nitrogen and oxygen atoms in total. The maximum Gasteiger partial charge on any atom is 0.221 e. The molecule has 0 aliphatic carbocycles. The molecule has 1 aromatic rings. The summed E-state index contributed by atoms with van der Waals surface area (Å²) < 4.78 is 44.0. The number of carbonyl (C=O) groups excluding carboxylic acids is 1. The number of amides is 1. The number of anilines is 1. The smallest absolute Gasteiger partial charge is 0.221 e. The maximum atomic E-state index is 11.0. The molecule has 35 heavy (non-hydrogen) atoms. The first-order valence-corrected chi connectivity index (χ1v) is 12.4. The molecule has 0 spiro atoms. The fourth-order valence-corrected chi connectivity index (χ4v) is 3.12. The van der Waals surface area contributed by atoms with Gasteiger partial charge in [0.05, 0.1) is 72.7 Å². The largest absolute Gasteiger partial charge is 0.491 e. The van der Waals surface area contributed by atoms with Gasteiger partial charge >= 0.3 is 0 Å². The van der Waals surface area contributed by atoms with E-state index in [1.165, 1.54) is 13.3 Å². The zero-order chi connectivity index (χ0) is 24.8. The van der Waals surface area contributed by atoms with E-state index in [1.807, 2.05) is 0 Å². The van der Waals surface area contributed by atoms with Crippen molar-refractivity contribution < 1.29 is 42.7 Å². The standard InChI is InChI=1S/C25H41NO9/c1-22(27)26-23-5-7-24(8-6-23)33-20-18-31-16-14-29-12-10-28-11-13-30-15-17-32-19-21-35-25-4-2-3-9-34-25/h5-8,25H,2-4,9-21H2,1H3,(H,26,27). The van der Waals surface area contributed by atoms with Crippen molar-refractivity contribution >= 4 is 11.6 Å². The van der Waals surface area contributed by atoms with E-state index in [0.29, 0.717) is 79.3 Å². The van der Waals surface area contributed by atoms with Crippen LogP contribution in [0.15, 0.2) is 24.3 Å². The lowest BCUT2D eigenvalue weighted by atomic mass is 10.2. The molecular weight excluding hydrogens is 458 g/mol. The number of hydrogen-bond donors (Lipinski definition) is 1. The second-order valence-electron chi connectivity index (χ2n) is 7.78. The molecule has 200 valence electrons. The van der Waals surface area contributed by atoms with Crippen LogP contribution in [0, 0.1) is 0 Å². The summed E-state index contributed by atoms with van der Waals surface area (Å²) >= 11 is 0. The SMILES string of the molecule is CC(=O)Nc1ccc(OCCOCCOCCOCCOCCOCCOC2CCCCO2)cc1. The van der Waals surface area contributed by atoms with Gasteiger partial charge in [0.2, 0.25) is 5.91 Å². The Balaban J connectivity index is 1.24. The first kappa shape index (κ1) is 29.4. The second kappa shape index (κ2) is 20.4. The predicted octanol–water partition coefficient (Wildman–Crippen LogP) is 2.65. The Morgan fingerprint density at radius 2 is 1.29 bits per heavy atom. The molecule has 10 heteroatoms. The molecule has 1 fully saturated rings. The predicted molar refractivity (Wildman–Crippen MR) is 130 cm³/mol. The highest BCUT2D eigenvalue weighted by molar-refractivity contribution is 5.88. The average molecular weight is 500 g/mol. The van der Waals surface area contributed by atoms with Gasteiger partial charge in [-0.3, -0.25) is 4.79 Å². The highest BCUT2D eigenvalue weighted by Gasteiger charge is 2.13. The molecule has 1 aromatic carbocycles. The Kier molecular flexibility index (Phi) is 17.2. The summed E-state index contributed by atoms with van der Waals surface area (Å²) in [6, 6.07) is 7.19. The van der Waals surface area contributed by atoms with Gasteiger partial charge in [-0.05, 0) is 43.5 Å². The number of hydrogen-bond acceptors (Lipinski definition) is 9. The Labute approximate surface area is 208 Å². The third-order valence-corrected chi connectivity index (χ3v) is 4.83. The Morgan fingerprint density at radius 1 is 0.771 bits per heavy atom. The number of carbonyl (C=O) groups is 1. The molecule has 1 aliphatic heterocycles. The fourth-order valence-electron chi connectivity index (χ4n) is 3.12. The van der Waals surface area contributed by atoms with Crippen LogP contribution in [0.3, 0.4) is 0 Å². The second-order valence-corrected chi connectivity index (χ2v) is 7.78. The van der Waals surface area contributed by atoms with Crippen molar-refractivity contribution in [3.63, 3.8) is 0 Å². The molecule has 1 amide bonds. The van der Waals surface area contributed by atoms with E-state index in [-0.39, 0.29) is 12.2 Å². The summed E-state index contributed by atoms with van der Waals surface area (Å²) in [5, 5.41) is 2.71. The molecule has 2 rings (SSSR count). The van der Waals surface area contributed by atoms with Crippen molar-refractivity contribution in [3.05, 3.63) is 24.3 Å². The molecule has 0 saturated carbocycles. The molecule has 0 aromatic heterocycles. The van der Waals surface area contributed by atoms with Gasteiger partial charge in [-0.25, -0.2) is 0 Å². The van der Waals surface area contributed by atoms with Crippen LogP contribution in [0.2, 0.25) is 0 Å². The van der Waals surface area contributed by atoms with Gasteiger partial charge in [-0.1, -0.05) is 0 Å². The van der Waals surface area contributed by atoms with Crippen molar-refractivity contribution in [1.82, 2.24) is 0 Å².